The minimum atomic E-state index is -0.798. The highest BCUT2D eigenvalue weighted by Crippen LogP contribution is 2.25. The number of aromatic nitrogens is 1. The molecule has 2 rings (SSSR count). The summed E-state index contributed by atoms with van der Waals surface area (Å²) < 4.78 is 4.94. The first-order chi connectivity index (χ1) is 9.02. The Morgan fingerprint density at radius 3 is 2.74 bits per heavy atom. The molecule has 0 bridgehead atoms. The number of ketones is 1. The van der Waals surface area contributed by atoms with Crippen LogP contribution < -0.4 is 5.73 Å². The highest BCUT2D eigenvalue weighted by Gasteiger charge is 2.24. The fourth-order valence-corrected chi connectivity index (χ4v) is 1.99. The van der Waals surface area contributed by atoms with Crippen LogP contribution in [0.25, 0.3) is 0 Å². The number of Topliss-reactive ketones (excluding diaryl/α,β-unsaturated/α-hetero) is 1. The van der Waals surface area contributed by atoms with Gasteiger partial charge in [0.1, 0.15) is 5.82 Å². The summed E-state index contributed by atoms with van der Waals surface area (Å²) in [6, 6.07) is 3.13. The Labute approximate surface area is 114 Å². The summed E-state index contributed by atoms with van der Waals surface area (Å²) in [5.74, 6) is -0.778. The molecule has 0 radical (unpaired) electrons. The number of rotatable bonds is 4. The molecular weight excluding hydrogens is 268 g/mol. The number of carbonyl (C=O) groups excluding carboxylic acids is 2. The molecule has 0 amide bonds. The number of furan rings is 1. The van der Waals surface area contributed by atoms with E-state index in [4.69, 9.17) is 21.8 Å². The quantitative estimate of drug-likeness (QED) is 0.686. The van der Waals surface area contributed by atoms with Gasteiger partial charge < -0.3 is 10.2 Å². The number of halogens is 1. The van der Waals surface area contributed by atoms with Crippen LogP contribution in [0.15, 0.2) is 35.3 Å². The smallest absolute Gasteiger partial charge is 0.256 e. The van der Waals surface area contributed by atoms with Gasteiger partial charge in [-0.2, -0.15) is 0 Å². The van der Waals surface area contributed by atoms with E-state index in [0.717, 1.165) is 0 Å². The maximum absolute atomic E-state index is 12.4. The summed E-state index contributed by atoms with van der Waals surface area (Å²) in [5, 5.41) is -0.798. The molecule has 19 heavy (non-hydrogen) atoms. The van der Waals surface area contributed by atoms with Gasteiger partial charge in [-0.1, -0.05) is 6.92 Å². The first-order valence-electron chi connectivity index (χ1n) is 5.53. The second kappa shape index (κ2) is 5.24. The lowest BCUT2D eigenvalue weighted by molar-refractivity contribution is 0.0957. The van der Waals surface area contributed by atoms with Crippen LogP contribution in [0.3, 0.4) is 0 Å². The van der Waals surface area contributed by atoms with Crippen LogP contribution in [-0.2, 0) is 0 Å². The van der Waals surface area contributed by atoms with Gasteiger partial charge in [0.05, 0.1) is 18.1 Å². The fourth-order valence-electron chi connectivity index (χ4n) is 1.80. The van der Waals surface area contributed by atoms with E-state index < -0.39 is 11.2 Å². The van der Waals surface area contributed by atoms with Crippen LogP contribution in [0, 0.1) is 0 Å². The Kier molecular flexibility index (Phi) is 3.66. The average molecular weight is 279 g/mol. The molecule has 98 valence electrons. The lowest BCUT2D eigenvalue weighted by Gasteiger charge is -2.11. The van der Waals surface area contributed by atoms with Gasteiger partial charge in [-0.3, -0.25) is 9.59 Å². The van der Waals surface area contributed by atoms with Crippen molar-refractivity contribution in [2.75, 3.05) is 5.73 Å². The van der Waals surface area contributed by atoms with E-state index in [1.54, 1.807) is 13.0 Å². The molecule has 2 heterocycles. The van der Waals surface area contributed by atoms with Gasteiger partial charge in [0.25, 0.3) is 5.24 Å². The number of hydrogen-bond acceptors (Lipinski definition) is 5. The zero-order chi connectivity index (χ0) is 14.0. The van der Waals surface area contributed by atoms with E-state index in [1.807, 2.05) is 0 Å². The minimum absolute atomic E-state index is 0.0507. The number of nitrogens with zero attached hydrogens (tertiary/aromatic N) is 1. The predicted octanol–water partition coefficient (Wildman–Crippen LogP) is 2.62. The van der Waals surface area contributed by atoms with Crippen LogP contribution in [0.5, 0.6) is 0 Å². The van der Waals surface area contributed by atoms with Crippen molar-refractivity contribution >= 4 is 28.4 Å². The van der Waals surface area contributed by atoms with E-state index in [9.17, 15) is 9.59 Å². The van der Waals surface area contributed by atoms with Gasteiger partial charge in [0, 0.05) is 23.2 Å². The summed E-state index contributed by atoms with van der Waals surface area (Å²) in [7, 11) is 0. The number of pyridine rings is 1. The van der Waals surface area contributed by atoms with Crippen molar-refractivity contribution in [2.45, 2.75) is 12.8 Å². The molecule has 0 spiro atoms. The molecule has 1 atom stereocenters. The molecule has 2 N–H and O–H groups in total. The van der Waals surface area contributed by atoms with E-state index in [1.165, 1.54) is 24.8 Å². The van der Waals surface area contributed by atoms with Crippen LogP contribution in [0.1, 0.15) is 39.1 Å². The molecule has 0 saturated heterocycles. The monoisotopic (exact) mass is 278 g/mol. The SMILES string of the molecule is CC(C(=O)c1ccnc(N)c1C(=O)Cl)c1ccoc1. The fraction of sp³-hybridized carbons (Fsp3) is 0.154. The Hall–Kier alpha value is -2.14. The second-order valence-corrected chi connectivity index (χ2v) is 4.38. The molecule has 6 heteroatoms. The highest BCUT2D eigenvalue weighted by atomic mass is 35.5. The van der Waals surface area contributed by atoms with Gasteiger partial charge in [-0.25, -0.2) is 4.98 Å². The zero-order valence-corrected chi connectivity index (χ0v) is 10.8. The third-order valence-corrected chi connectivity index (χ3v) is 3.07. The minimum Gasteiger partial charge on any atom is -0.472 e. The number of nitrogens with two attached hydrogens (primary N) is 1. The van der Waals surface area contributed by atoms with E-state index in [2.05, 4.69) is 4.98 Å². The molecule has 0 aromatic carbocycles. The number of anilines is 1. The molecule has 0 fully saturated rings. The van der Waals surface area contributed by atoms with Gasteiger partial charge in [-0.15, -0.1) is 0 Å². The third-order valence-electron chi connectivity index (χ3n) is 2.88. The first kappa shape index (κ1) is 13.3. The van der Waals surface area contributed by atoms with Crippen LogP contribution >= 0.6 is 11.6 Å². The maximum Gasteiger partial charge on any atom is 0.256 e. The Morgan fingerprint density at radius 2 is 2.16 bits per heavy atom. The Morgan fingerprint density at radius 1 is 1.42 bits per heavy atom. The van der Waals surface area contributed by atoms with Crippen molar-refractivity contribution in [3.63, 3.8) is 0 Å². The van der Waals surface area contributed by atoms with Gasteiger partial charge >= 0.3 is 0 Å². The zero-order valence-electron chi connectivity index (χ0n) is 10.1. The summed E-state index contributed by atoms with van der Waals surface area (Å²) in [6.45, 7) is 1.71. The Bertz CT molecular complexity index is 623. The topological polar surface area (TPSA) is 86.2 Å². The van der Waals surface area contributed by atoms with Gasteiger partial charge in [0.15, 0.2) is 5.78 Å². The molecular formula is C13H11ClN2O3. The van der Waals surface area contributed by atoms with Gasteiger partial charge in [0.2, 0.25) is 0 Å². The lowest BCUT2D eigenvalue weighted by atomic mass is 9.92. The molecule has 0 saturated carbocycles. The van der Waals surface area contributed by atoms with E-state index in [-0.39, 0.29) is 22.7 Å². The van der Waals surface area contributed by atoms with Crippen molar-refractivity contribution in [1.82, 2.24) is 4.98 Å². The van der Waals surface area contributed by atoms with Crippen molar-refractivity contribution in [3.05, 3.63) is 47.5 Å². The molecule has 5 nitrogen and oxygen atoms in total. The maximum atomic E-state index is 12.4. The summed E-state index contributed by atoms with van der Waals surface area (Å²) >= 11 is 5.46. The summed E-state index contributed by atoms with van der Waals surface area (Å²) in [4.78, 5) is 27.5. The molecule has 2 aromatic heterocycles. The molecule has 1 unspecified atom stereocenters. The standard InChI is InChI=1S/C13H11ClN2O3/c1-7(8-3-5-19-6-8)11(17)9-2-4-16-13(15)10(9)12(14)18/h2-7H,1H3,(H2,15,16). The van der Waals surface area contributed by atoms with Crippen molar-refractivity contribution in [2.24, 2.45) is 0 Å². The summed E-state index contributed by atoms with van der Waals surface area (Å²) in [6.07, 6.45) is 4.33. The van der Waals surface area contributed by atoms with Crippen molar-refractivity contribution in [1.29, 1.82) is 0 Å². The number of carbonyl (C=O) groups is 2. The van der Waals surface area contributed by atoms with Crippen LogP contribution in [0.4, 0.5) is 5.82 Å². The van der Waals surface area contributed by atoms with Crippen LogP contribution in [0.2, 0.25) is 0 Å². The average Bonchev–Trinajstić information content (AvgIpc) is 2.90. The lowest BCUT2D eigenvalue weighted by Crippen LogP contribution is -2.15. The second-order valence-electron chi connectivity index (χ2n) is 4.04. The van der Waals surface area contributed by atoms with E-state index in [0.29, 0.717) is 5.56 Å². The van der Waals surface area contributed by atoms with Gasteiger partial charge in [-0.05, 0) is 23.7 Å². The first-order valence-corrected chi connectivity index (χ1v) is 5.90. The predicted molar refractivity (Wildman–Crippen MR) is 70.3 cm³/mol. The molecule has 0 aliphatic rings. The van der Waals surface area contributed by atoms with Crippen molar-refractivity contribution in [3.8, 4) is 0 Å². The third kappa shape index (κ3) is 2.51. The van der Waals surface area contributed by atoms with Crippen LogP contribution in [-0.4, -0.2) is 16.0 Å². The normalized spacial score (nSPS) is 12.1. The van der Waals surface area contributed by atoms with Crippen molar-refractivity contribution < 1.29 is 14.0 Å². The molecule has 0 aliphatic carbocycles. The largest absolute Gasteiger partial charge is 0.472 e. The number of hydrogen-bond donors (Lipinski definition) is 1. The molecule has 2 aromatic rings. The van der Waals surface area contributed by atoms with E-state index >= 15 is 0 Å². The number of nitrogen functional groups attached to an aromatic ring is 1. The Balaban J connectivity index is 2.45. The summed E-state index contributed by atoms with van der Waals surface area (Å²) in [5.41, 5.74) is 6.42. The highest BCUT2D eigenvalue weighted by molar-refractivity contribution is 6.68. The molecule has 0 aliphatic heterocycles.